The molecule has 1 unspecified atom stereocenters. The number of nitrogens with zero attached hydrogens (tertiary/aromatic N) is 8. The number of nitrogen functional groups attached to an aromatic ring is 1. The van der Waals surface area contributed by atoms with Crippen molar-refractivity contribution in [2.24, 2.45) is 0 Å². The zero-order valence-corrected chi connectivity index (χ0v) is 14.3. The molecule has 2 aromatic heterocycles. The molecule has 24 heavy (non-hydrogen) atoms. The lowest BCUT2D eigenvalue weighted by atomic mass is 10.2. The Labute approximate surface area is 141 Å². The Morgan fingerprint density at radius 1 is 1.08 bits per heavy atom. The number of anilines is 3. The van der Waals surface area contributed by atoms with Gasteiger partial charge in [0.25, 0.3) is 0 Å². The normalized spacial score (nSPS) is 16.9. The molecular formula is C15H23N9. The van der Waals surface area contributed by atoms with Crippen molar-refractivity contribution in [3.63, 3.8) is 0 Å². The van der Waals surface area contributed by atoms with Crippen molar-refractivity contribution >= 4 is 17.7 Å². The lowest BCUT2D eigenvalue weighted by Gasteiger charge is -2.37. The van der Waals surface area contributed by atoms with Gasteiger partial charge in [-0.15, -0.1) is 0 Å². The van der Waals surface area contributed by atoms with Crippen LogP contribution >= 0.6 is 0 Å². The fraction of sp³-hybridized carbons (Fsp3) is 0.533. The Bertz CT molecular complexity index is 668. The molecule has 2 aromatic rings. The molecule has 0 spiro atoms. The second kappa shape index (κ2) is 6.91. The summed E-state index contributed by atoms with van der Waals surface area (Å²) in [5.74, 6) is 2.47. The van der Waals surface area contributed by atoms with Crippen LogP contribution in [0.2, 0.25) is 0 Å². The van der Waals surface area contributed by atoms with Crippen molar-refractivity contribution < 1.29 is 0 Å². The molecule has 3 heterocycles. The van der Waals surface area contributed by atoms with Crippen LogP contribution in [0.3, 0.4) is 0 Å². The second-order valence-electron chi connectivity index (χ2n) is 6.01. The van der Waals surface area contributed by atoms with E-state index in [0.717, 1.165) is 32.0 Å². The molecule has 0 saturated carbocycles. The highest BCUT2D eigenvalue weighted by molar-refractivity contribution is 5.36. The molecule has 9 heteroatoms. The van der Waals surface area contributed by atoms with Gasteiger partial charge in [0.1, 0.15) is 5.82 Å². The average Bonchev–Trinajstić information content (AvgIpc) is 2.61. The molecule has 0 amide bonds. The summed E-state index contributed by atoms with van der Waals surface area (Å²) in [5, 5.41) is 0. The van der Waals surface area contributed by atoms with Crippen LogP contribution in [0.5, 0.6) is 0 Å². The van der Waals surface area contributed by atoms with E-state index in [9.17, 15) is 0 Å². The predicted molar refractivity (Wildman–Crippen MR) is 92.8 cm³/mol. The molecule has 9 nitrogen and oxygen atoms in total. The highest BCUT2D eigenvalue weighted by atomic mass is 15.3. The summed E-state index contributed by atoms with van der Waals surface area (Å²) in [6, 6.07) is 0.0815. The number of hydrogen-bond donors (Lipinski definition) is 1. The minimum atomic E-state index is 0.0815. The first-order valence-corrected chi connectivity index (χ1v) is 7.98. The average molecular weight is 329 g/mol. The molecule has 0 radical (unpaired) electrons. The largest absolute Gasteiger partial charge is 0.368 e. The van der Waals surface area contributed by atoms with E-state index in [2.05, 4.69) is 41.6 Å². The molecule has 1 fully saturated rings. The summed E-state index contributed by atoms with van der Waals surface area (Å²) in [7, 11) is 3.78. The fourth-order valence-corrected chi connectivity index (χ4v) is 2.74. The molecule has 128 valence electrons. The van der Waals surface area contributed by atoms with Crippen molar-refractivity contribution in [2.75, 3.05) is 55.8 Å². The summed E-state index contributed by atoms with van der Waals surface area (Å²) in [6.07, 6.45) is 5.21. The SMILES string of the molecule is CC(c1nc(N)nc(N(C)C)n1)N1CCN(c2cnccn2)CC1. The molecule has 1 aliphatic heterocycles. The van der Waals surface area contributed by atoms with Crippen molar-refractivity contribution in [2.45, 2.75) is 13.0 Å². The van der Waals surface area contributed by atoms with Gasteiger partial charge in [0, 0.05) is 52.7 Å². The van der Waals surface area contributed by atoms with Crippen LogP contribution in [-0.2, 0) is 0 Å². The van der Waals surface area contributed by atoms with Crippen LogP contribution < -0.4 is 15.5 Å². The van der Waals surface area contributed by atoms with Crippen LogP contribution in [0.4, 0.5) is 17.7 Å². The van der Waals surface area contributed by atoms with Gasteiger partial charge in [-0.1, -0.05) is 0 Å². The first kappa shape index (κ1) is 16.3. The molecule has 0 bridgehead atoms. The monoisotopic (exact) mass is 329 g/mol. The van der Waals surface area contributed by atoms with Gasteiger partial charge >= 0.3 is 0 Å². The summed E-state index contributed by atoms with van der Waals surface area (Å²) in [4.78, 5) is 27.9. The van der Waals surface area contributed by atoms with Crippen molar-refractivity contribution in [1.82, 2.24) is 29.8 Å². The van der Waals surface area contributed by atoms with Gasteiger partial charge in [-0.2, -0.15) is 15.0 Å². The third-order valence-electron chi connectivity index (χ3n) is 4.17. The van der Waals surface area contributed by atoms with Gasteiger partial charge in [-0.25, -0.2) is 4.98 Å². The number of rotatable bonds is 4. The van der Waals surface area contributed by atoms with Gasteiger partial charge < -0.3 is 15.5 Å². The minimum Gasteiger partial charge on any atom is -0.368 e. The highest BCUT2D eigenvalue weighted by Crippen LogP contribution is 2.22. The lowest BCUT2D eigenvalue weighted by molar-refractivity contribution is 0.191. The highest BCUT2D eigenvalue weighted by Gasteiger charge is 2.25. The lowest BCUT2D eigenvalue weighted by Crippen LogP contribution is -2.47. The van der Waals surface area contributed by atoms with Gasteiger partial charge in [-0.3, -0.25) is 9.88 Å². The maximum Gasteiger partial charge on any atom is 0.229 e. The third kappa shape index (κ3) is 3.51. The quantitative estimate of drug-likeness (QED) is 0.842. The Morgan fingerprint density at radius 3 is 2.46 bits per heavy atom. The standard InChI is InChI=1S/C15H23N9/c1-11(13-19-14(16)21-15(20-13)22(2)3)23-6-8-24(9-7-23)12-10-17-4-5-18-12/h4-5,10-11H,6-9H2,1-3H3,(H2,16,19,20,21). The predicted octanol–water partition coefficient (Wildman–Crippen LogP) is 0.193. The number of nitrogens with two attached hydrogens (primary N) is 1. The molecule has 0 aliphatic carbocycles. The van der Waals surface area contributed by atoms with Crippen molar-refractivity contribution in [3.8, 4) is 0 Å². The van der Waals surface area contributed by atoms with E-state index in [-0.39, 0.29) is 12.0 Å². The van der Waals surface area contributed by atoms with Crippen molar-refractivity contribution in [3.05, 3.63) is 24.4 Å². The number of piperazine rings is 1. The van der Waals surface area contributed by atoms with Gasteiger partial charge in [0.15, 0.2) is 5.82 Å². The molecule has 1 atom stereocenters. The Balaban J connectivity index is 1.68. The molecular weight excluding hydrogens is 306 g/mol. The summed E-state index contributed by atoms with van der Waals surface area (Å²) >= 11 is 0. The molecule has 0 aromatic carbocycles. The number of aromatic nitrogens is 5. The van der Waals surface area contributed by atoms with Crippen LogP contribution in [0, 0.1) is 0 Å². The van der Waals surface area contributed by atoms with Gasteiger partial charge in [0.2, 0.25) is 11.9 Å². The number of hydrogen-bond acceptors (Lipinski definition) is 9. The zero-order valence-electron chi connectivity index (χ0n) is 14.3. The van der Waals surface area contributed by atoms with Gasteiger partial charge in [-0.05, 0) is 6.92 Å². The fourth-order valence-electron chi connectivity index (χ4n) is 2.74. The van der Waals surface area contributed by atoms with E-state index < -0.39 is 0 Å². The van der Waals surface area contributed by atoms with E-state index in [1.54, 1.807) is 18.6 Å². The summed E-state index contributed by atoms with van der Waals surface area (Å²) < 4.78 is 0. The van der Waals surface area contributed by atoms with E-state index >= 15 is 0 Å². The van der Waals surface area contributed by atoms with E-state index in [1.807, 2.05) is 19.0 Å². The van der Waals surface area contributed by atoms with Crippen LogP contribution in [0.15, 0.2) is 18.6 Å². The van der Waals surface area contributed by atoms with Gasteiger partial charge in [0.05, 0.1) is 12.2 Å². The Hall–Kier alpha value is -2.55. The Kier molecular flexibility index (Phi) is 4.70. The zero-order chi connectivity index (χ0) is 17.1. The summed E-state index contributed by atoms with van der Waals surface area (Å²) in [5.41, 5.74) is 5.83. The maximum absolute atomic E-state index is 5.83. The maximum atomic E-state index is 5.83. The Morgan fingerprint density at radius 2 is 1.83 bits per heavy atom. The molecule has 1 saturated heterocycles. The second-order valence-corrected chi connectivity index (χ2v) is 6.01. The molecule has 1 aliphatic rings. The topological polar surface area (TPSA) is 100 Å². The van der Waals surface area contributed by atoms with E-state index in [0.29, 0.717) is 11.8 Å². The first-order valence-electron chi connectivity index (χ1n) is 7.98. The van der Waals surface area contributed by atoms with Crippen LogP contribution in [-0.4, -0.2) is 70.1 Å². The summed E-state index contributed by atoms with van der Waals surface area (Å²) in [6.45, 7) is 5.70. The smallest absolute Gasteiger partial charge is 0.229 e. The van der Waals surface area contributed by atoms with E-state index in [4.69, 9.17) is 5.73 Å². The van der Waals surface area contributed by atoms with E-state index in [1.165, 1.54) is 0 Å². The van der Waals surface area contributed by atoms with Crippen LogP contribution in [0.1, 0.15) is 18.8 Å². The molecule has 2 N–H and O–H groups in total. The minimum absolute atomic E-state index is 0.0815. The van der Waals surface area contributed by atoms with Crippen LogP contribution in [0.25, 0.3) is 0 Å². The first-order chi connectivity index (χ1) is 11.5. The van der Waals surface area contributed by atoms with Crippen molar-refractivity contribution in [1.29, 1.82) is 0 Å². The molecule has 3 rings (SSSR count). The third-order valence-corrected chi connectivity index (χ3v) is 4.17.